The average Bonchev–Trinajstić information content (AvgIpc) is 2.36. The molecule has 0 aromatic heterocycles. The minimum absolute atomic E-state index is 0.0858. The Kier molecular flexibility index (Phi) is 6.79. The molecule has 1 amide bonds. The highest BCUT2D eigenvalue weighted by molar-refractivity contribution is 5.73. The molecule has 8 nitrogen and oxygen atoms in total. The Morgan fingerprint density at radius 1 is 1.26 bits per heavy atom. The first-order chi connectivity index (χ1) is 10.6. The molecule has 23 heavy (non-hydrogen) atoms. The number of nitrogens with zero attached hydrogens (tertiary/aromatic N) is 2. The molecule has 1 aliphatic rings. The number of hydrogen-bond acceptors (Lipinski definition) is 6. The van der Waals surface area contributed by atoms with E-state index < -0.39 is 23.2 Å². The van der Waals surface area contributed by atoms with Gasteiger partial charge in [-0.3, -0.25) is 9.69 Å². The number of aliphatic carboxylic acids is 1. The lowest BCUT2D eigenvalue weighted by Gasteiger charge is -2.55. The van der Waals surface area contributed by atoms with Crippen molar-refractivity contribution in [1.82, 2.24) is 9.80 Å². The summed E-state index contributed by atoms with van der Waals surface area (Å²) < 4.78 is 10.4. The van der Waals surface area contributed by atoms with Crippen LogP contribution in [-0.4, -0.2) is 89.7 Å². The number of amides is 1. The molecule has 0 atom stereocenters. The van der Waals surface area contributed by atoms with Gasteiger partial charge in [0.25, 0.3) is 0 Å². The van der Waals surface area contributed by atoms with Crippen LogP contribution in [0.1, 0.15) is 27.2 Å². The molecule has 2 N–H and O–H groups in total. The number of carboxylic acids is 1. The number of carbonyl (C=O) groups excluding carboxylic acids is 1. The summed E-state index contributed by atoms with van der Waals surface area (Å²) in [7, 11) is 1.56. The number of ether oxygens (including phenoxy) is 2. The second-order valence-corrected chi connectivity index (χ2v) is 6.83. The first kappa shape index (κ1) is 19.7. The number of hydrogen-bond donors (Lipinski definition) is 2. The van der Waals surface area contributed by atoms with Gasteiger partial charge >= 0.3 is 12.1 Å². The molecule has 0 bridgehead atoms. The second kappa shape index (κ2) is 7.94. The number of aliphatic hydroxyl groups excluding tert-OH is 1. The summed E-state index contributed by atoms with van der Waals surface area (Å²) in [6, 6.07) is 0. The molecule has 0 unspecified atom stereocenters. The molecular formula is C15H28N2O6. The minimum Gasteiger partial charge on any atom is -0.481 e. The van der Waals surface area contributed by atoms with Crippen molar-refractivity contribution in [1.29, 1.82) is 0 Å². The van der Waals surface area contributed by atoms with Gasteiger partial charge in [0.2, 0.25) is 0 Å². The summed E-state index contributed by atoms with van der Waals surface area (Å²) in [6.07, 6.45) is -0.551. The van der Waals surface area contributed by atoms with Crippen molar-refractivity contribution in [2.45, 2.75) is 38.3 Å². The van der Waals surface area contributed by atoms with E-state index in [1.807, 2.05) is 4.90 Å². The lowest BCUT2D eigenvalue weighted by Crippen LogP contribution is -2.72. The van der Waals surface area contributed by atoms with Gasteiger partial charge in [-0.25, -0.2) is 4.79 Å². The van der Waals surface area contributed by atoms with Crippen LogP contribution in [0.5, 0.6) is 0 Å². The van der Waals surface area contributed by atoms with E-state index in [1.165, 1.54) is 4.90 Å². The van der Waals surface area contributed by atoms with E-state index in [4.69, 9.17) is 9.47 Å². The normalized spacial score (nSPS) is 17.0. The van der Waals surface area contributed by atoms with Crippen molar-refractivity contribution in [3.63, 3.8) is 0 Å². The number of β-amino-alcohol motifs (C(OH)–C–C–N with tert-alkyl or cyclic N) is 1. The molecule has 0 saturated carbocycles. The minimum atomic E-state index is -0.936. The monoisotopic (exact) mass is 332 g/mol. The molecule has 0 aromatic rings. The molecule has 0 spiro atoms. The lowest BCUT2D eigenvalue weighted by atomic mass is 9.84. The number of likely N-dealkylation sites (tertiary alicyclic amines) is 1. The third kappa shape index (κ3) is 5.63. The summed E-state index contributed by atoms with van der Waals surface area (Å²) in [5, 5.41) is 18.5. The fourth-order valence-electron chi connectivity index (χ4n) is 2.73. The van der Waals surface area contributed by atoms with Gasteiger partial charge in [-0.15, -0.1) is 0 Å². The molecule has 1 heterocycles. The van der Waals surface area contributed by atoms with Crippen molar-refractivity contribution in [2.75, 3.05) is 46.5 Å². The zero-order chi connectivity index (χ0) is 17.7. The molecule has 1 fully saturated rings. The van der Waals surface area contributed by atoms with Gasteiger partial charge in [0.1, 0.15) is 5.60 Å². The van der Waals surface area contributed by atoms with Gasteiger partial charge in [-0.1, -0.05) is 0 Å². The Hall–Kier alpha value is -1.38. The molecule has 0 aliphatic carbocycles. The Morgan fingerprint density at radius 3 is 2.30 bits per heavy atom. The fourth-order valence-corrected chi connectivity index (χ4v) is 2.73. The summed E-state index contributed by atoms with van der Waals surface area (Å²) in [4.78, 5) is 26.7. The van der Waals surface area contributed by atoms with Crippen LogP contribution >= 0.6 is 0 Å². The number of methoxy groups -OCH3 is 1. The average molecular weight is 332 g/mol. The van der Waals surface area contributed by atoms with Crippen LogP contribution < -0.4 is 0 Å². The van der Waals surface area contributed by atoms with Crippen molar-refractivity contribution in [2.24, 2.45) is 0 Å². The number of carbonyl (C=O) groups is 2. The summed E-state index contributed by atoms with van der Waals surface area (Å²) in [5.41, 5.74) is -1.28. The molecule has 134 valence electrons. The standard InChI is InChI=1S/C15H28N2O6/c1-14(2,3)23-13(21)16-10-15(11-16,9-12(19)20)17(5-7-18)6-8-22-4/h18H,5-11H2,1-4H3,(H,19,20). The van der Waals surface area contributed by atoms with Gasteiger partial charge in [0.15, 0.2) is 0 Å². The number of carboxylic acid groups (broad SMARTS) is 1. The highest BCUT2D eigenvalue weighted by Crippen LogP contribution is 2.32. The third-order valence-electron chi connectivity index (χ3n) is 3.71. The topological polar surface area (TPSA) is 99.5 Å². The van der Waals surface area contributed by atoms with Gasteiger partial charge in [-0.2, -0.15) is 0 Å². The molecule has 1 aliphatic heterocycles. The van der Waals surface area contributed by atoms with Crippen molar-refractivity contribution >= 4 is 12.1 Å². The SMILES string of the molecule is COCCN(CCO)C1(CC(=O)O)CN(C(=O)OC(C)(C)C)C1. The van der Waals surface area contributed by atoms with Crippen LogP contribution in [0.4, 0.5) is 4.79 Å². The summed E-state index contributed by atoms with van der Waals surface area (Å²) in [5.74, 6) is -0.936. The summed E-state index contributed by atoms with van der Waals surface area (Å²) >= 11 is 0. The highest BCUT2D eigenvalue weighted by atomic mass is 16.6. The maximum atomic E-state index is 12.1. The number of rotatable bonds is 8. The largest absolute Gasteiger partial charge is 0.481 e. The van der Waals surface area contributed by atoms with E-state index in [2.05, 4.69) is 0 Å². The molecular weight excluding hydrogens is 304 g/mol. The quantitative estimate of drug-likeness (QED) is 0.663. The van der Waals surface area contributed by atoms with Crippen LogP contribution in [0.3, 0.4) is 0 Å². The van der Waals surface area contributed by atoms with Gasteiger partial charge in [0.05, 0.1) is 25.2 Å². The number of aliphatic hydroxyl groups is 1. The zero-order valence-electron chi connectivity index (χ0n) is 14.4. The van der Waals surface area contributed by atoms with Crippen LogP contribution in [0, 0.1) is 0 Å². The Balaban J connectivity index is 2.78. The third-order valence-corrected chi connectivity index (χ3v) is 3.71. The Bertz CT molecular complexity index is 415. The first-order valence-electron chi connectivity index (χ1n) is 7.68. The van der Waals surface area contributed by atoms with E-state index in [-0.39, 0.29) is 26.1 Å². The van der Waals surface area contributed by atoms with Crippen molar-refractivity contribution < 1.29 is 29.3 Å². The van der Waals surface area contributed by atoms with Gasteiger partial charge < -0.3 is 24.6 Å². The van der Waals surface area contributed by atoms with E-state index in [1.54, 1.807) is 27.9 Å². The highest BCUT2D eigenvalue weighted by Gasteiger charge is 2.51. The van der Waals surface area contributed by atoms with Crippen molar-refractivity contribution in [3.05, 3.63) is 0 Å². The summed E-state index contributed by atoms with van der Waals surface area (Å²) in [6.45, 7) is 7.04. The second-order valence-electron chi connectivity index (χ2n) is 6.83. The van der Waals surface area contributed by atoms with Gasteiger partial charge in [0, 0.05) is 33.3 Å². The smallest absolute Gasteiger partial charge is 0.410 e. The Labute approximate surface area is 137 Å². The van der Waals surface area contributed by atoms with E-state index in [0.717, 1.165) is 0 Å². The van der Waals surface area contributed by atoms with Gasteiger partial charge in [-0.05, 0) is 20.8 Å². The van der Waals surface area contributed by atoms with E-state index >= 15 is 0 Å². The molecule has 1 saturated heterocycles. The van der Waals surface area contributed by atoms with Crippen LogP contribution in [0.25, 0.3) is 0 Å². The van der Waals surface area contributed by atoms with Crippen LogP contribution in [0.15, 0.2) is 0 Å². The van der Waals surface area contributed by atoms with Crippen LogP contribution in [0.2, 0.25) is 0 Å². The maximum absolute atomic E-state index is 12.1. The molecule has 0 aromatic carbocycles. The Morgan fingerprint density at radius 2 is 1.87 bits per heavy atom. The lowest BCUT2D eigenvalue weighted by molar-refractivity contribution is -0.146. The van der Waals surface area contributed by atoms with Crippen LogP contribution in [-0.2, 0) is 14.3 Å². The first-order valence-corrected chi connectivity index (χ1v) is 7.68. The predicted octanol–water partition coefficient (Wildman–Crippen LogP) is 0.391. The van der Waals surface area contributed by atoms with E-state index in [9.17, 15) is 19.8 Å². The van der Waals surface area contributed by atoms with E-state index in [0.29, 0.717) is 19.7 Å². The molecule has 0 radical (unpaired) electrons. The van der Waals surface area contributed by atoms with Crippen molar-refractivity contribution in [3.8, 4) is 0 Å². The molecule has 8 heteroatoms. The molecule has 1 rings (SSSR count). The predicted molar refractivity (Wildman–Crippen MR) is 83.3 cm³/mol. The fraction of sp³-hybridized carbons (Fsp3) is 0.867. The zero-order valence-corrected chi connectivity index (χ0v) is 14.4. The maximum Gasteiger partial charge on any atom is 0.410 e.